The van der Waals surface area contributed by atoms with Crippen LogP contribution in [-0.2, 0) is 0 Å². The molecule has 0 aromatic carbocycles. The summed E-state index contributed by atoms with van der Waals surface area (Å²) in [6, 6.07) is 0.217. The fraction of sp³-hybridized carbons (Fsp3) is 0.722. The van der Waals surface area contributed by atoms with Crippen LogP contribution in [-0.4, -0.2) is 69.1 Å². The van der Waals surface area contributed by atoms with Gasteiger partial charge in [0.2, 0.25) is 0 Å². The van der Waals surface area contributed by atoms with Crippen LogP contribution in [0.2, 0.25) is 0 Å². The molecule has 7 nitrogen and oxygen atoms in total. The van der Waals surface area contributed by atoms with Gasteiger partial charge in [0.1, 0.15) is 11.4 Å². The molecule has 0 bridgehead atoms. The molecule has 2 saturated carbocycles. The van der Waals surface area contributed by atoms with Gasteiger partial charge in [-0.3, -0.25) is 14.5 Å². The van der Waals surface area contributed by atoms with E-state index in [0.29, 0.717) is 24.8 Å². The van der Waals surface area contributed by atoms with Crippen LogP contribution in [0.3, 0.4) is 0 Å². The molecule has 2 atom stereocenters. The van der Waals surface area contributed by atoms with E-state index in [0.717, 1.165) is 51.6 Å². The smallest absolute Gasteiger partial charge is 0.263 e. The molecule has 0 unspecified atom stereocenters. The second-order valence-corrected chi connectivity index (χ2v) is 7.53. The highest BCUT2D eigenvalue weighted by molar-refractivity contribution is 5.93. The number of amides is 1. The molecule has 0 spiro atoms. The first-order valence-electron chi connectivity index (χ1n) is 9.44. The third-order valence-electron chi connectivity index (χ3n) is 5.78. The summed E-state index contributed by atoms with van der Waals surface area (Å²) in [5.41, 5.74) is -0.192. The predicted molar refractivity (Wildman–Crippen MR) is 92.6 cm³/mol. The summed E-state index contributed by atoms with van der Waals surface area (Å²) >= 11 is 0. The minimum Gasteiger partial charge on any atom is -0.391 e. The number of hydrogen-bond acceptors (Lipinski definition) is 5. The Kier molecular flexibility index (Phi) is 4.60. The minimum atomic E-state index is -0.327. The first-order valence-corrected chi connectivity index (χ1v) is 9.44. The largest absolute Gasteiger partial charge is 0.391 e. The fourth-order valence-electron chi connectivity index (χ4n) is 4.07. The van der Waals surface area contributed by atoms with Crippen molar-refractivity contribution in [2.45, 2.75) is 56.6 Å². The van der Waals surface area contributed by atoms with E-state index in [1.54, 1.807) is 4.90 Å². The highest BCUT2D eigenvalue weighted by Crippen LogP contribution is 2.37. The number of aromatic nitrogens is 2. The third kappa shape index (κ3) is 3.48. The number of aliphatic hydroxyl groups excluding tert-OH is 1. The number of piperazine rings is 1. The fourth-order valence-corrected chi connectivity index (χ4v) is 4.07. The molecule has 4 rings (SSSR count). The van der Waals surface area contributed by atoms with E-state index in [1.807, 2.05) is 0 Å². The van der Waals surface area contributed by atoms with Crippen molar-refractivity contribution in [3.63, 3.8) is 0 Å². The number of aliphatic hydroxyl groups is 1. The van der Waals surface area contributed by atoms with Crippen LogP contribution in [0, 0.1) is 0 Å². The van der Waals surface area contributed by atoms with Gasteiger partial charge in [-0.1, -0.05) is 12.8 Å². The molecule has 3 fully saturated rings. The van der Waals surface area contributed by atoms with Crippen LogP contribution < -0.4 is 5.56 Å². The van der Waals surface area contributed by atoms with Crippen molar-refractivity contribution >= 4 is 5.91 Å². The second kappa shape index (κ2) is 6.88. The van der Waals surface area contributed by atoms with Gasteiger partial charge in [-0.2, -0.15) is 0 Å². The zero-order valence-corrected chi connectivity index (χ0v) is 14.5. The van der Waals surface area contributed by atoms with Crippen molar-refractivity contribution < 1.29 is 9.90 Å². The van der Waals surface area contributed by atoms with Gasteiger partial charge < -0.3 is 15.0 Å². The van der Waals surface area contributed by atoms with Gasteiger partial charge in [0.25, 0.3) is 11.5 Å². The van der Waals surface area contributed by atoms with E-state index in [-0.39, 0.29) is 29.2 Å². The first-order chi connectivity index (χ1) is 12.1. The standard InChI is InChI=1S/C18H26N4O3/c23-15-4-2-1-3-14(15)21-7-9-22(10-8-21)18(25)13-11-19-16(12-5-6-12)20-17(13)24/h11-12,14-15,23H,1-10H2,(H,19,20,24)/t14-,15-/m0/s1. The van der Waals surface area contributed by atoms with Crippen molar-refractivity contribution in [2.75, 3.05) is 26.2 Å². The summed E-state index contributed by atoms with van der Waals surface area (Å²) in [7, 11) is 0. The molecule has 1 aliphatic heterocycles. The molecule has 136 valence electrons. The predicted octanol–water partition coefficient (Wildman–Crippen LogP) is 0.709. The number of rotatable bonds is 3. The summed E-state index contributed by atoms with van der Waals surface area (Å²) in [4.78, 5) is 36.0. The Hall–Kier alpha value is -1.73. The molecule has 1 aromatic rings. The van der Waals surface area contributed by atoms with E-state index in [9.17, 15) is 14.7 Å². The Labute approximate surface area is 147 Å². The number of hydrogen-bond donors (Lipinski definition) is 2. The summed E-state index contributed by atoms with van der Waals surface area (Å²) in [6.45, 7) is 2.68. The molecule has 0 radical (unpaired) electrons. The third-order valence-corrected chi connectivity index (χ3v) is 5.78. The Bertz CT molecular complexity index is 692. The highest BCUT2D eigenvalue weighted by Gasteiger charge is 2.33. The molecule has 1 amide bonds. The lowest BCUT2D eigenvalue weighted by Gasteiger charge is -2.42. The Morgan fingerprint density at radius 1 is 1.12 bits per heavy atom. The SMILES string of the molecule is O=C(c1cnc(C2CC2)[nH]c1=O)N1CCN([C@H]2CCCC[C@@H]2O)CC1. The van der Waals surface area contributed by atoms with Gasteiger partial charge in [0.15, 0.2) is 0 Å². The van der Waals surface area contributed by atoms with Crippen molar-refractivity contribution in [1.82, 2.24) is 19.8 Å². The van der Waals surface area contributed by atoms with Crippen molar-refractivity contribution in [3.8, 4) is 0 Å². The topological polar surface area (TPSA) is 89.5 Å². The zero-order valence-electron chi connectivity index (χ0n) is 14.5. The second-order valence-electron chi connectivity index (χ2n) is 7.53. The molecule has 3 aliphatic rings. The van der Waals surface area contributed by atoms with Gasteiger partial charge in [0.05, 0.1) is 6.10 Å². The number of H-pyrrole nitrogens is 1. The maximum atomic E-state index is 12.7. The Morgan fingerprint density at radius 3 is 2.48 bits per heavy atom. The average Bonchev–Trinajstić information content (AvgIpc) is 3.47. The van der Waals surface area contributed by atoms with Gasteiger partial charge in [-0.05, 0) is 25.7 Å². The lowest BCUT2D eigenvalue weighted by molar-refractivity contribution is -0.00176. The monoisotopic (exact) mass is 346 g/mol. The van der Waals surface area contributed by atoms with Gasteiger partial charge >= 0.3 is 0 Å². The quantitative estimate of drug-likeness (QED) is 0.841. The molecular weight excluding hydrogens is 320 g/mol. The van der Waals surface area contributed by atoms with Crippen molar-refractivity contribution in [3.05, 3.63) is 27.9 Å². The minimum absolute atomic E-state index is 0.135. The van der Waals surface area contributed by atoms with Crippen LogP contribution >= 0.6 is 0 Å². The van der Waals surface area contributed by atoms with E-state index in [1.165, 1.54) is 6.20 Å². The van der Waals surface area contributed by atoms with Gasteiger partial charge in [0, 0.05) is 44.3 Å². The molecule has 2 N–H and O–H groups in total. The molecular formula is C18H26N4O3. The number of aromatic amines is 1. The summed E-state index contributed by atoms with van der Waals surface area (Å²) in [6.07, 6.45) is 7.47. The lowest BCUT2D eigenvalue weighted by atomic mass is 9.91. The highest BCUT2D eigenvalue weighted by atomic mass is 16.3. The van der Waals surface area contributed by atoms with Crippen LogP contribution in [0.15, 0.2) is 11.0 Å². The summed E-state index contributed by atoms with van der Waals surface area (Å²) in [5, 5.41) is 10.2. The maximum Gasteiger partial charge on any atom is 0.263 e. The number of carbonyl (C=O) groups excluding carboxylic acids is 1. The molecule has 2 heterocycles. The maximum absolute atomic E-state index is 12.7. The molecule has 1 saturated heterocycles. The Morgan fingerprint density at radius 2 is 1.84 bits per heavy atom. The Balaban J connectivity index is 1.38. The van der Waals surface area contributed by atoms with E-state index in [2.05, 4.69) is 14.9 Å². The normalized spacial score (nSPS) is 28.1. The molecule has 2 aliphatic carbocycles. The van der Waals surface area contributed by atoms with Crippen LogP contribution in [0.25, 0.3) is 0 Å². The van der Waals surface area contributed by atoms with Crippen molar-refractivity contribution in [1.29, 1.82) is 0 Å². The van der Waals surface area contributed by atoms with Crippen LogP contribution in [0.4, 0.5) is 0 Å². The van der Waals surface area contributed by atoms with E-state index < -0.39 is 0 Å². The molecule has 25 heavy (non-hydrogen) atoms. The number of nitrogens with one attached hydrogen (secondary N) is 1. The van der Waals surface area contributed by atoms with Crippen LogP contribution in [0.5, 0.6) is 0 Å². The van der Waals surface area contributed by atoms with Crippen molar-refractivity contribution in [2.24, 2.45) is 0 Å². The summed E-state index contributed by atoms with van der Waals surface area (Å²) < 4.78 is 0. The number of carbonyl (C=O) groups is 1. The van der Waals surface area contributed by atoms with Gasteiger partial charge in [-0.25, -0.2) is 4.98 Å². The van der Waals surface area contributed by atoms with Gasteiger partial charge in [-0.15, -0.1) is 0 Å². The van der Waals surface area contributed by atoms with E-state index in [4.69, 9.17) is 0 Å². The molecule has 7 heteroatoms. The average molecular weight is 346 g/mol. The summed E-state index contributed by atoms with van der Waals surface area (Å²) in [5.74, 6) is 0.833. The first kappa shape index (κ1) is 16.7. The zero-order chi connectivity index (χ0) is 17.4. The lowest BCUT2D eigenvalue weighted by Crippen LogP contribution is -2.55. The molecule has 1 aromatic heterocycles. The van der Waals surface area contributed by atoms with E-state index >= 15 is 0 Å². The van der Waals surface area contributed by atoms with Crippen LogP contribution in [0.1, 0.15) is 60.6 Å². The number of nitrogens with zero attached hydrogens (tertiary/aromatic N) is 3.